The number of ether oxygens (including phenoxy) is 1. The summed E-state index contributed by atoms with van der Waals surface area (Å²) in [6.45, 7) is 3.14. The molecule has 0 aromatic heterocycles. The molecule has 1 rings (SSSR count). The van der Waals surface area contributed by atoms with Crippen LogP contribution in [0.1, 0.15) is 18.5 Å². The van der Waals surface area contributed by atoms with Gasteiger partial charge in [0.15, 0.2) is 0 Å². The summed E-state index contributed by atoms with van der Waals surface area (Å²) in [5.74, 6) is 5.43. The molecule has 0 aliphatic heterocycles. The lowest BCUT2D eigenvalue weighted by atomic mass is 10.1. The molecular weight excluding hydrogens is 200 g/mol. The lowest BCUT2D eigenvalue weighted by molar-refractivity contribution is 0.123. The van der Waals surface area contributed by atoms with Crippen molar-refractivity contribution < 1.29 is 4.74 Å². The third-order valence-corrected chi connectivity index (χ3v) is 2.31. The van der Waals surface area contributed by atoms with E-state index in [4.69, 9.17) is 22.2 Å². The van der Waals surface area contributed by atoms with Crippen LogP contribution in [0.2, 0.25) is 5.02 Å². The maximum absolute atomic E-state index is 6.03. The molecule has 0 bridgehead atoms. The molecule has 0 aliphatic rings. The zero-order valence-electron chi connectivity index (χ0n) is 8.16. The van der Waals surface area contributed by atoms with Crippen LogP contribution in [0.15, 0.2) is 24.3 Å². The second kappa shape index (κ2) is 5.98. The Kier molecular flexibility index (Phi) is 4.90. The number of hydrogen-bond acceptors (Lipinski definition) is 3. The van der Waals surface area contributed by atoms with Gasteiger partial charge in [-0.25, -0.2) is 0 Å². The Balaban J connectivity index is 2.73. The van der Waals surface area contributed by atoms with E-state index >= 15 is 0 Å². The zero-order valence-corrected chi connectivity index (χ0v) is 8.92. The first kappa shape index (κ1) is 11.5. The van der Waals surface area contributed by atoms with E-state index in [0.29, 0.717) is 18.2 Å². The smallest absolute Gasteiger partial charge is 0.0708 e. The Hall–Kier alpha value is -0.610. The molecule has 0 fully saturated rings. The van der Waals surface area contributed by atoms with Crippen LogP contribution in [0.3, 0.4) is 0 Å². The third-order valence-electron chi connectivity index (χ3n) is 1.97. The summed E-state index contributed by atoms with van der Waals surface area (Å²) in [7, 11) is 0. The molecule has 1 unspecified atom stereocenters. The summed E-state index contributed by atoms with van der Waals surface area (Å²) in [5.41, 5.74) is 3.65. The second-order valence-corrected chi connectivity index (χ2v) is 3.31. The topological polar surface area (TPSA) is 47.3 Å². The molecule has 0 spiro atoms. The highest BCUT2D eigenvalue weighted by Crippen LogP contribution is 2.22. The summed E-state index contributed by atoms with van der Waals surface area (Å²) in [4.78, 5) is 0. The molecule has 0 radical (unpaired) electrons. The Labute approximate surface area is 89.2 Å². The summed E-state index contributed by atoms with van der Waals surface area (Å²) in [6.07, 6.45) is 0. The highest BCUT2D eigenvalue weighted by atomic mass is 35.5. The number of nitrogens with two attached hydrogens (primary N) is 1. The molecule has 1 atom stereocenters. The number of nitrogens with one attached hydrogen (secondary N) is 1. The lowest BCUT2D eigenvalue weighted by Crippen LogP contribution is -2.31. The first-order valence-corrected chi connectivity index (χ1v) is 4.95. The van der Waals surface area contributed by atoms with Crippen molar-refractivity contribution in [1.29, 1.82) is 0 Å². The van der Waals surface area contributed by atoms with Crippen molar-refractivity contribution in [2.45, 2.75) is 13.0 Å². The molecule has 14 heavy (non-hydrogen) atoms. The van der Waals surface area contributed by atoms with Gasteiger partial charge in [0.25, 0.3) is 0 Å². The molecule has 0 saturated carbocycles. The Morgan fingerprint density at radius 2 is 2.21 bits per heavy atom. The minimum atomic E-state index is -0.0522. The minimum absolute atomic E-state index is 0.0522. The van der Waals surface area contributed by atoms with Crippen LogP contribution in [-0.4, -0.2) is 13.2 Å². The van der Waals surface area contributed by atoms with Crippen LogP contribution in [0, 0.1) is 0 Å². The summed E-state index contributed by atoms with van der Waals surface area (Å²) in [6, 6.07) is 7.54. The molecule has 78 valence electrons. The first-order valence-electron chi connectivity index (χ1n) is 4.58. The van der Waals surface area contributed by atoms with E-state index in [1.54, 1.807) is 0 Å². The fraction of sp³-hybridized carbons (Fsp3) is 0.400. The Morgan fingerprint density at radius 1 is 1.50 bits per heavy atom. The van der Waals surface area contributed by atoms with E-state index in [1.165, 1.54) is 0 Å². The SMILES string of the molecule is CCOCC(NN)c1ccccc1Cl. The number of rotatable bonds is 5. The van der Waals surface area contributed by atoms with Gasteiger partial charge < -0.3 is 4.74 Å². The Bertz CT molecular complexity index is 281. The van der Waals surface area contributed by atoms with Crippen molar-refractivity contribution in [3.05, 3.63) is 34.9 Å². The van der Waals surface area contributed by atoms with Crippen molar-refractivity contribution in [3.63, 3.8) is 0 Å². The van der Waals surface area contributed by atoms with Crippen molar-refractivity contribution >= 4 is 11.6 Å². The fourth-order valence-corrected chi connectivity index (χ4v) is 1.49. The average molecular weight is 215 g/mol. The molecule has 3 nitrogen and oxygen atoms in total. The Morgan fingerprint density at radius 3 is 2.79 bits per heavy atom. The molecule has 1 aromatic carbocycles. The van der Waals surface area contributed by atoms with Gasteiger partial charge in [0.2, 0.25) is 0 Å². The van der Waals surface area contributed by atoms with Crippen LogP contribution in [-0.2, 0) is 4.74 Å². The van der Waals surface area contributed by atoms with E-state index in [0.717, 1.165) is 5.56 Å². The van der Waals surface area contributed by atoms with E-state index in [9.17, 15) is 0 Å². The fourth-order valence-electron chi connectivity index (χ4n) is 1.22. The van der Waals surface area contributed by atoms with Crippen LogP contribution < -0.4 is 11.3 Å². The molecule has 1 aromatic rings. The number of benzene rings is 1. The van der Waals surface area contributed by atoms with Gasteiger partial charge in [0.1, 0.15) is 0 Å². The zero-order chi connectivity index (χ0) is 10.4. The van der Waals surface area contributed by atoms with Crippen molar-refractivity contribution in [2.75, 3.05) is 13.2 Å². The van der Waals surface area contributed by atoms with Crippen LogP contribution in [0.4, 0.5) is 0 Å². The van der Waals surface area contributed by atoms with Gasteiger partial charge in [0, 0.05) is 11.6 Å². The van der Waals surface area contributed by atoms with Gasteiger partial charge >= 0.3 is 0 Å². The molecule has 3 N–H and O–H groups in total. The maximum atomic E-state index is 6.03. The van der Waals surface area contributed by atoms with Gasteiger partial charge in [-0.1, -0.05) is 29.8 Å². The summed E-state index contributed by atoms with van der Waals surface area (Å²) >= 11 is 6.03. The number of hydrogen-bond donors (Lipinski definition) is 2. The normalized spacial score (nSPS) is 12.8. The third kappa shape index (κ3) is 2.96. The van der Waals surface area contributed by atoms with E-state index < -0.39 is 0 Å². The van der Waals surface area contributed by atoms with Crippen LogP contribution >= 0.6 is 11.6 Å². The highest BCUT2D eigenvalue weighted by Gasteiger charge is 2.12. The van der Waals surface area contributed by atoms with Gasteiger partial charge in [-0.05, 0) is 18.6 Å². The quantitative estimate of drug-likeness (QED) is 0.581. The van der Waals surface area contributed by atoms with Crippen LogP contribution in [0.5, 0.6) is 0 Å². The van der Waals surface area contributed by atoms with E-state index in [-0.39, 0.29) is 6.04 Å². The molecule has 4 heteroatoms. The highest BCUT2D eigenvalue weighted by molar-refractivity contribution is 6.31. The number of hydrazine groups is 1. The molecular formula is C10H15ClN2O. The molecule has 0 heterocycles. The lowest BCUT2D eigenvalue weighted by Gasteiger charge is -2.17. The van der Waals surface area contributed by atoms with Crippen molar-refractivity contribution in [1.82, 2.24) is 5.43 Å². The van der Waals surface area contributed by atoms with Gasteiger partial charge in [0.05, 0.1) is 12.6 Å². The summed E-state index contributed by atoms with van der Waals surface area (Å²) < 4.78 is 5.29. The van der Waals surface area contributed by atoms with Crippen LogP contribution in [0.25, 0.3) is 0 Å². The van der Waals surface area contributed by atoms with Gasteiger partial charge in [-0.2, -0.15) is 0 Å². The van der Waals surface area contributed by atoms with Gasteiger partial charge in [-0.15, -0.1) is 0 Å². The average Bonchev–Trinajstić information content (AvgIpc) is 2.21. The summed E-state index contributed by atoms with van der Waals surface area (Å²) in [5, 5.41) is 0.704. The monoisotopic (exact) mass is 214 g/mol. The van der Waals surface area contributed by atoms with Crippen molar-refractivity contribution in [3.8, 4) is 0 Å². The van der Waals surface area contributed by atoms with Gasteiger partial charge in [-0.3, -0.25) is 11.3 Å². The predicted octanol–water partition coefficient (Wildman–Crippen LogP) is 1.88. The largest absolute Gasteiger partial charge is 0.380 e. The second-order valence-electron chi connectivity index (χ2n) is 2.90. The van der Waals surface area contributed by atoms with E-state index in [2.05, 4.69) is 5.43 Å². The van der Waals surface area contributed by atoms with E-state index in [1.807, 2.05) is 31.2 Å². The standard InChI is InChI=1S/C10H15ClN2O/c1-2-14-7-10(13-12)8-5-3-4-6-9(8)11/h3-6,10,13H,2,7,12H2,1H3. The molecule has 0 saturated heterocycles. The maximum Gasteiger partial charge on any atom is 0.0708 e. The minimum Gasteiger partial charge on any atom is -0.380 e. The first-order chi connectivity index (χ1) is 6.79. The number of halogens is 1. The molecule has 0 amide bonds. The molecule has 0 aliphatic carbocycles. The predicted molar refractivity (Wildman–Crippen MR) is 58.0 cm³/mol. The van der Waals surface area contributed by atoms with Crippen molar-refractivity contribution in [2.24, 2.45) is 5.84 Å².